The van der Waals surface area contributed by atoms with E-state index in [4.69, 9.17) is 10.5 Å². The van der Waals surface area contributed by atoms with Crippen LogP contribution >= 0.6 is 0 Å². The lowest BCUT2D eigenvalue weighted by Crippen LogP contribution is -2.37. The molecule has 3 heteroatoms. The van der Waals surface area contributed by atoms with Crippen molar-refractivity contribution in [2.75, 3.05) is 13.2 Å². The van der Waals surface area contributed by atoms with Gasteiger partial charge in [-0.3, -0.25) is 0 Å². The molecule has 1 aliphatic rings. The van der Waals surface area contributed by atoms with Gasteiger partial charge >= 0.3 is 0 Å². The van der Waals surface area contributed by atoms with Gasteiger partial charge in [0.15, 0.2) is 0 Å². The fourth-order valence-corrected chi connectivity index (χ4v) is 3.66. The van der Waals surface area contributed by atoms with Crippen LogP contribution in [0.1, 0.15) is 43.6 Å². The van der Waals surface area contributed by atoms with Crippen molar-refractivity contribution in [1.82, 2.24) is 0 Å². The molecule has 1 heterocycles. The summed E-state index contributed by atoms with van der Waals surface area (Å²) in [6, 6.07) is 10.7. The molecule has 1 aromatic carbocycles. The standard InChI is InChI=1S/C15H25NOSi/c16-12-14(13-6-2-1-3-7-13)8-10-15(18)9-4-5-11-17-15/h1-3,6-7,14H,4-5,8-12,16H2,18H3. The van der Waals surface area contributed by atoms with Crippen LogP contribution in [0.3, 0.4) is 0 Å². The molecule has 100 valence electrons. The molecule has 2 rings (SSSR count). The quantitative estimate of drug-likeness (QED) is 0.822. The van der Waals surface area contributed by atoms with Crippen LogP contribution in [0.4, 0.5) is 0 Å². The van der Waals surface area contributed by atoms with E-state index in [1.807, 2.05) is 0 Å². The molecule has 1 aromatic rings. The maximum absolute atomic E-state index is 6.02. The van der Waals surface area contributed by atoms with E-state index in [1.165, 1.54) is 31.2 Å². The van der Waals surface area contributed by atoms with Gasteiger partial charge in [0.25, 0.3) is 0 Å². The minimum atomic E-state index is 0.223. The first kappa shape index (κ1) is 13.8. The number of nitrogens with two attached hydrogens (primary N) is 1. The van der Waals surface area contributed by atoms with Crippen molar-refractivity contribution in [3.63, 3.8) is 0 Å². The third-order valence-corrected chi connectivity index (χ3v) is 5.42. The van der Waals surface area contributed by atoms with Gasteiger partial charge in [0.2, 0.25) is 0 Å². The zero-order valence-electron chi connectivity index (χ0n) is 11.4. The van der Waals surface area contributed by atoms with Crippen LogP contribution in [0.15, 0.2) is 30.3 Å². The summed E-state index contributed by atoms with van der Waals surface area (Å²) in [6.45, 7) is 1.70. The third-order valence-electron chi connectivity index (χ3n) is 4.13. The Bertz CT molecular complexity index is 349. The smallest absolute Gasteiger partial charge is 0.0486 e. The maximum atomic E-state index is 6.02. The second-order valence-electron chi connectivity index (χ2n) is 5.64. The molecule has 0 amide bonds. The largest absolute Gasteiger partial charge is 0.380 e. The Kier molecular flexibility index (Phi) is 4.98. The first-order chi connectivity index (χ1) is 8.73. The molecule has 2 nitrogen and oxygen atoms in total. The van der Waals surface area contributed by atoms with Gasteiger partial charge in [-0.25, -0.2) is 0 Å². The van der Waals surface area contributed by atoms with E-state index < -0.39 is 0 Å². The Morgan fingerprint density at radius 3 is 2.67 bits per heavy atom. The van der Waals surface area contributed by atoms with E-state index in [-0.39, 0.29) is 5.22 Å². The number of hydrogen-bond donors (Lipinski definition) is 1. The highest BCUT2D eigenvalue weighted by atomic mass is 28.1. The van der Waals surface area contributed by atoms with Crippen LogP contribution in [0.2, 0.25) is 0 Å². The van der Waals surface area contributed by atoms with Crippen LogP contribution < -0.4 is 5.73 Å². The molecular weight excluding hydrogens is 238 g/mol. The topological polar surface area (TPSA) is 35.2 Å². The highest BCUT2D eigenvalue weighted by molar-refractivity contribution is 6.14. The average molecular weight is 263 g/mol. The predicted octanol–water partition coefficient (Wildman–Crippen LogP) is 1.77. The summed E-state index contributed by atoms with van der Waals surface area (Å²) in [6.07, 6.45) is 6.16. The lowest BCUT2D eigenvalue weighted by atomic mass is 9.91. The van der Waals surface area contributed by atoms with Crippen molar-refractivity contribution in [3.8, 4) is 0 Å². The van der Waals surface area contributed by atoms with Crippen LogP contribution in [0.25, 0.3) is 0 Å². The molecule has 0 radical (unpaired) electrons. The van der Waals surface area contributed by atoms with E-state index >= 15 is 0 Å². The van der Waals surface area contributed by atoms with E-state index in [0.717, 1.165) is 29.8 Å². The van der Waals surface area contributed by atoms with Crippen LogP contribution in [0, 0.1) is 0 Å². The van der Waals surface area contributed by atoms with Gasteiger partial charge in [-0.1, -0.05) is 30.3 Å². The van der Waals surface area contributed by atoms with Crippen molar-refractivity contribution in [2.45, 2.75) is 43.2 Å². The Balaban J connectivity index is 1.91. The van der Waals surface area contributed by atoms with Gasteiger partial charge in [0.1, 0.15) is 0 Å². The highest BCUT2D eigenvalue weighted by Gasteiger charge is 2.28. The van der Waals surface area contributed by atoms with Crippen molar-refractivity contribution in [2.24, 2.45) is 5.73 Å². The summed E-state index contributed by atoms with van der Waals surface area (Å²) in [5.41, 5.74) is 7.31. The van der Waals surface area contributed by atoms with Gasteiger partial charge < -0.3 is 10.5 Å². The molecule has 0 saturated carbocycles. The SMILES string of the molecule is NCC(CCC1([SiH3])CCCCO1)c1ccccc1. The monoisotopic (exact) mass is 263 g/mol. The summed E-state index contributed by atoms with van der Waals surface area (Å²) in [5, 5.41) is 0.223. The number of benzene rings is 1. The Labute approximate surface area is 113 Å². The fourth-order valence-electron chi connectivity index (χ4n) is 2.81. The van der Waals surface area contributed by atoms with Gasteiger partial charge in [-0.15, -0.1) is 0 Å². The molecule has 18 heavy (non-hydrogen) atoms. The molecule has 0 bridgehead atoms. The molecule has 0 aliphatic carbocycles. The first-order valence-corrected chi connectivity index (χ1v) is 8.12. The lowest BCUT2D eigenvalue weighted by Gasteiger charge is -2.35. The van der Waals surface area contributed by atoms with E-state index in [1.54, 1.807) is 0 Å². The number of rotatable bonds is 5. The Morgan fingerprint density at radius 1 is 1.28 bits per heavy atom. The molecule has 1 saturated heterocycles. The third kappa shape index (κ3) is 3.67. The van der Waals surface area contributed by atoms with Crippen LogP contribution in [-0.4, -0.2) is 28.6 Å². The van der Waals surface area contributed by atoms with Gasteiger partial charge in [0, 0.05) is 22.1 Å². The second-order valence-corrected chi connectivity index (χ2v) is 7.46. The molecule has 0 spiro atoms. The molecule has 0 aromatic heterocycles. The summed E-state index contributed by atoms with van der Waals surface area (Å²) in [4.78, 5) is 0. The van der Waals surface area contributed by atoms with Crippen LogP contribution in [0.5, 0.6) is 0 Å². The second kappa shape index (κ2) is 6.50. The van der Waals surface area contributed by atoms with Gasteiger partial charge in [-0.05, 0) is 50.1 Å². The van der Waals surface area contributed by atoms with E-state index in [2.05, 4.69) is 30.3 Å². The number of ether oxygens (including phenoxy) is 1. The predicted molar refractivity (Wildman–Crippen MR) is 79.9 cm³/mol. The van der Waals surface area contributed by atoms with E-state index in [0.29, 0.717) is 5.92 Å². The van der Waals surface area contributed by atoms with E-state index in [9.17, 15) is 0 Å². The van der Waals surface area contributed by atoms with Crippen molar-refractivity contribution in [1.29, 1.82) is 0 Å². The maximum Gasteiger partial charge on any atom is 0.0486 e. The van der Waals surface area contributed by atoms with Gasteiger partial charge in [0.05, 0.1) is 0 Å². The molecule has 1 fully saturated rings. The minimum Gasteiger partial charge on any atom is -0.380 e. The molecular formula is C15H25NOSi. The molecule has 1 aliphatic heterocycles. The summed E-state index contributed by atoms with van der Waals surface area (Å²) < 4.78 is 6.02. The summed E-state index contributed by atoms with van der Waals surface area (Å²) in [7, 11) is 1.14. The normalized spacial score (nSPS) is 26.1. The summed E-state index contributed by atoms with van der Waals surface area (Å²) in [5.74, 6) is 0.488. The van der Waals surface area contributed by atoms with Crippen molar-refractivity contribution >= 4 is 10.2 Å². The lowest BCUT2D eigenvalue weighted by molar-refractivity contribution is -0.0245. The van der Waals surface area contributed by atoms with Crippen LogP contribution in [-0.2, 0) is 4.74 Å². The zero-order valence-corrected chi connectivity index (χ0v) is 13.4. The Morgan fingerprint density at radius 2 is 2.06 bits per heavy atom. The highest BCUT2D eigenvalue weighted by Crippen LogP contribution is 2.30. The zero-order chi connectivity index (χ0) is 12.8. The van der Waals surface area contributed by atoms with Crippen molar-refractivity contribution in [3.05, 3.63) is 35.9 Å². The fraction of sp³-hybridized carbons (Fsp3) is 0.600. The average Bonchev–Trinajstić information content (AvgIpc) is 2.41. The van der Waals surface area contributed by atoms with Gasteiger partial charge in [-0.2, -0.15) is 0 Å². The molecule has 2 N–H and O–H groups in total. The summed E-state index contributed by atoms with van der Waals surface area (Å²) >= 11 is 0. The Hall–Kier alpha value is -0.643. The molecule has 2 unspecified atom stereocenters. The van der Waals surface area contributed by atoms with Crippen molar-refractivity contribution < 1.29 is 4.74 Å². The number of hydrogen-bond acceptors (Lipinski definition) is 2. The molecule has 2 atom stereocenters. The minimum absolute atomic E-state index is 0.223. The first-order valence-electron chi connectivity index (χ1n) is 7.12.